The molecular weight excluding hydrogens is 136 g/mol. The van der Waals surface area contributed by atoms with E-state index in [0.717, 1.165) is 19.3 Å². The second-order valence-electron chi connectivity index (χ2n) is 3.48. The second kappa shape index (κ2) is 6.66. The van der Waals surface area contributed by atoms with Crippen molar-refractivity contribution in [3.05, 3.63) is 0 Å². The maximum Gasteiger partial charge on any atom is 0.0565 e. The Bertz CT molecular complexity index is 80.9. The van der Waals surface area contributed by atoms with E-state index >= 15 is 0 Å². The summed E-state index contributed by atoms with van der Waals surface area (Å²) in [6.45, 7) is 6.48. The van der Waals surface area contributed by atoms with Crippen molar-refractivity contribution >= 4 is 0 Å². The van der Waals surface area contributed by atoms with E-state index in [1.807, 2.05) is 0 Å². The van der Waals surface area contributed by atoms with Crippen LogP contribution in [0.25, 0.3) is 0 Å². The Morgan fingerprint density at radius 2 is 1.73 bits per heavy atom. The smallest absolute Gasteiger partial charge is 0.0565 e. The lowest BCUT2D eigenvalue weighted by molar-refractivity contribution is 0.100. The summed E-state index contributed by atoms with van der Waals surface area (Å²) in [5.74, 6) is 0.492. The molecule has 0 saturated carbocycles. The summed E-state index contributed by atoms with van der Waals surface area (Å²) in [4.78, 5) is 0. The third-order valence-electron chi connectivity index (χ3n) is 2.25. The number of aliphatic hydroxyl groups is 1. The molecule has 1 heteroatoms. The lowest BCUT2D eigenvalue weighted by atomic mass is 9.95. The minimum Gasteiger partial charge on any atom is -0.393 e. The zero-order valence-corrected chi connectivity index (χ0v) is 8.14. The molecule has 0 aromatic rings. The number of hydrogen-bond acceptors (Lipinski definition) is 1. The minimum absolute atomic E-state index is 0.0603. The van der Waals surface area contributed by atoms with Crippen molar-refractivity contribution in [3.63, 3.8) is 0 Å². The molecule has 1 nitrogen and oxygen atoms in total. The monoisotopic (exact) mass is 158 g/mol. The molecule has 1 N–H and O–H groups in total. The fourth-order valence-electron chi connectivity index (χ4n) is 1.35. The summed E-state index contributed by atoms with van der Waals surface area (Å²) in [5.41, 5.74) is 0. The first kappa shape index (κ1) is 11.0. The van der Waals surface area contributed by atoms with Crippen molar-refractivity contribution in [1.82, 2.24) is 0 Å². The van der Waals surface area contributed by atoms with E-state index < -0.39 is 0 Å². The Labute approximate surface area is 70.8 Å². The molecule has 68 valence electrons. The zero-order chi connectivity index (χ0) is 8.69. The van der Waals surface area contributed by atoms with Gasteiger partial charge in [0.25, 0.3) is 0 Å². The number of aliphatic hydroxyl groups excluding tert-OH is 1. The molecule has 0 heterocycles. The van der Waals surface area contributed by atoms with Gasteiger partial charge < -0.3 is 5.11 Å². The predicted octanol–water partition coefficient (Wildman–Crippen LogP) is 2.97. The molecule has 0 aromatic carbocycles. The average Bonchev–Trinajstić information content (AvgIpc) is 2.00. The molecule has 11 heavy (non-hydrogen) atoms. The molecule has 0 radical (unpaired) electrons. The highest BCUT2D eigenvalue weighted by Gasteiger charge is 2.11. The van der Waals surface area contributed by atoms with Gasteiger partial charge >= 0.3 is 0 Å². The molecule has 0 rings (SSSR count). The third-order valence-corrected chi connectivity index (χ3v) is 2.25. The highest BCUT2D eigenvalue weighted by molar-refractivity contribution is 4.63. The molecule has 0 aliphatic heterocycles. The highest BCUT2D eigenvalue weighted by atomic mass is 16.3. The molecule has 0 aliphatic rings. The van der Waals surface area contributed by atoms with E-state index in [9.17, 15) is 5.11 Å². The predicted molar refractivity (Wildman–Crippen MR) is 49.6 cm³/mol. The maximum absolute atomic E-state index is 9.58. The first-order valence-corrected chi connectivity index (χ1v) is 4.90. The van der Waals surface area contributed by atoms with Crippen LogP contribution in [0, 0.1) is 5.92 Å². The normalized spacial score (nSPS) is 16.4. The van der Waals surface area contributed by atoms with Gasteiger partial charge in [0.1, 0.15) is 0 Å². The summed E-state index contributed by atoms with van der Waals surface area (Å²) in [6.07, 6.45) is 5.62. The van der Waals surface area contributed by atoms with Crippen LogP contribution < -0.4 is 0 Å². The van der Waals surface area contributed by atoms with Gasteiger partial charge in [-0.2, -0.15) is 0 Å². The molecule has 0 bridgehead atoms. The summed E-state index contributed by atoms with van der Waals surface area (Å²) >= 11 is 0. The SMILES string of the molecule is CCCC[C@@H](O)[C@@H](C)CCC. The molecule has 0 aromatic heterocycles. The van der Waals surface area contributed by atoms with E-state index in [0.29, 0.717) is 5.92 Å². The molecule has 0 aliphatic carbocycles. The Balaban J connectivity index is 3.38. The first-order valence-electron chi connectivity index (χ1n) is 4.90. The lowest BCUT2D eigenvalue weighted by Crippen LogP contribution is -2.16. The standard InChI is InChI=1S/C10H22O/c1-4-6-8-10(11)9(3)7-5-2/h9-11H,4-8H2,1-3H3/t9-,10+/m0/s1. The number of rotatable bonds is 6. The molecule has 0 unspecified atom stereocenters. The quantitative estimate of drug-likeness (QED) is 0.630. The van der Waals surface area contributed by atoms with Crippen LogP contribution in [0.1, 0.15) is 52.9 Å². The fraction of sp³-hybridized carbons (Fsp3) is 1.00. The van der Waals surface area contributed by atoms with Gasteiger partial charge in [-0.3, -0.25) is 0 Å². The summed E-state index contributed by atoms with van der Waals surface area (Å²) in [7, 11) is 0. The summed E-state index contributed by atoms with van der Waals surface area (Å²) in [6, 6.07) is 0. The van der Waals surface area contributed by atoms with Crippen LogP contribution in [-0.4, -0.2) is 11.2 Å². The van der Waals surface area contributed by atoms with Crippen molar-refractivity contribution < 1.29 is 5.11 Å². The van der Waals surface area contributed by atoms with E-state index in [-0.39, 0.29) is 6.10 Å². The largest absolute Gasteiger partial charge is 0.393 e. The zero-order valence-electron chi connectivity index (χ0n) is 8.14. The van der Waals surface area contributed by atoms with E-state index in [4.69, 9.17) is 0 Å². The van der Waals surface area contributed by atoms with Gasteiger partial charge in [0.15, 0.2) is 0 Å². The van der Waals surface area contributed by atoms with Gasteiger partial charge in [-0.25, -0.2) is 0 Å². The van der Waals surface area contributed by atoms with Crippen LogP contribution in [0.3, 0.4) is 0 Å². The Kier molecular flexibility index (Phi) is 6.63. The van der Waals surface area contributed by atoms with Crippen molar-refractivity contribution in [2.24, 2.45) is 5.92 Å². The number of hydrogen-bond donors (Lipinski definition) is 1. The van der Waals surface area contributed by atoms with E-state index in [2.05, 4.69) is 20.8 Å². The summed E-state index contributed by atoms with van der Waals surface area (Å²) < 4.78 is 0. The molecular formula is C10H22O. The van der Waals surface area contributed by atoms with Crippen LogP contribution >= 0.6 is 0 Å². The lowest BCUT2D eigenvalue weighted by Gasteiger charge is -2.17. The Morgan fingerprint density at radius 3 is 2.18 bits per heavy atom. The van der Waals surface area contributed by atoms with Gasteiger partial charge in [-0.15, -0.1) is 0 Å². The Hall–Kier alpha value is -0.0400. The van der Waals surface area contributed by atoms with Gasteiger partial charge in [0.2, 0.25) is 0 Å². The van der Waals surface area contributed by atoms with Crippen molar-refractivity contribution in [3.8, 4) is 0 Å². The van der Waals surface area contributed by atoms with Crippen LogP contribution in [0.15, 0.2) is 0 Å². The van der Waals surface area contributed by atoms with Crippen molar-refractivity contribution in [2.75, 3.05) is 0 Å². The topological polar surface area (TPSA) is 20.2 Å². The molecule has 0 fully saturated rings. The average molecular weight is 158 g/mol. The molecule has 2 atom stereocenters. The van der Waals surface area contributed by atoms with Crippen LogP contribution in [-0.2, 0) is 0 Å². The Morgan fingerprint density at radius 1 is 1.09 bits per heavy atom. The minimum atomic E-state index is -0.0603. The third kappa shape index (κ3) is 5.25. The molecule has 0 spiro atoms. The van der Waals surface area contributed by atoms with Crippen molar-refractivity contribution in [1.29, 1.82) is 0 Å². The first-order chi connectivity index (χ1) is 5.22. The highest BCUT2D eigenvalue weighted by Crippen LogP contribution is 2.15. The molecule has 0 saturated heterocycles. The fourth-order valence-corrected chi connectivity index (χ4v) is 1.35. The van der Waals surface area contributed by atoms with E-state index in [1.54, 1.807) is 0 Å². The maximum atomic E-state index is 9.58. The number of unbranched alkanes of at least 4 members (excludes halogenated alkanes) is 1. The van der Waals surface area contributed by atoms with Gasteiger partial charge in [0.05, 0.1) is 6.10 Å². The van der Waals surface area contributed by atoms with Gasteiger partial charge in [-0.1, -0.05) is 40.0 Å². The van der Waals surface area contributed by atoms with Crippen molar-refractivity contribution in [2.45, 2.75) is 59.0 Å². The second-order valence-corrected chi connectivity index (χ2v) is 3.48. The summed E-state index contributed by atoms with van der Waals surface area (Å²) in [5, 5.41) is 9.58. The van der Waals surface area contributed by atoms with Crippen LogP contribution in [0.5, 0.6) is 0 Å². The van der Waals surface area contributed by atoms with Gasteiger partial charge in [-0.05, 0) is 18.8 Å². The van der Waals surface area contributed by atoms with Crippen LogP contribution in [0.4, 0.5) is 0 Å². The van der Waals surface area contributed by atoms with Crippen LogP contribution in [0.2, 0.25) is 0 Å². The molecule has 0 amide bonds. The van der Waals surface area contributed by atoms with E-state index in [1.165, 1.54) is 12.8 Å². The van der Waals surface area contributed by atoms with Gasteiger partial charge in [0, 0.05) is 0 Å².